The van der Waals surface area contributed by atoms with Crippen molar-refractivity contribution in [3.05, 3.63) is 162 Å². The summed E-state index contributed by atoms with van der Waals surface area (Å²) >= 11 is 0. The zero-order valence-electron chi connectivity index (χ0n) is 37.8. The van der Waals surface area contributed by atoms with Gasteiger partial charge in [0, 0.05) is 41.8 Å². The van der Waals surface area contributed by atoms with Crippen LogP contribution in [0, 0.1) is 19.0 Å². The van der Waals surface area contributed by atoms with Crippen LogP contribution in [0.15, 0.2) is 134 Å². The van der Waals surface area contributed by atoms with Crippen molar-refractivity contribution in [1.82, 2.24) is 14.5 Å². The summed E-state index contributed by atoms with van der Waals surface area (Å²) in [5, 5.41) is 1.39. The zero-order valence-corrected chi connectivity index (χ0v) is 38.2. The molecule has 0 bridgehead atoms. The van der Waals surface area contributed by atoms with Crippen molar-refractivity contribution >= 4 is 41.4 Å². The van der Waals surface area contributed by atoms with Crippen molar-refractivity contribution in [2.45, 2.75) is 66.0 Å². The number of hydrogen-bond acceptors (Lipinski definition) is 5. The van der Waals surface area contributed by atoms with E-state index in [1.54, 1.807) is 18.2 Å². The predicted molar refractivity (Wildman–Crippen MR) is 245 cm³/mol. The molecule has 10 rings (SSSR count). The van der Waals surface area contributed by atoms with E-state index in [1.165, 1.54) is 33.7 Å². The van der Waals surface area contributed by atoms with E-state index in [1.807, 2.05) is 54.6 Å². The van der Waals surface area contributed by atoms with Gasteiger partial charge in [0.2, 0.25) is 0 Å². The van der Waals surface area contributed by atoms with Gasteiger partial charge in [-0.15, -0.1) is 41.5 Å². The first-order chi connectivity index (χ1) is 29.7. The maximum Gasteiger partial charge on any atom is 0.148 e. The predicted octanol–water partition coefficient (Wildman–Crippen LogP) is 13.8. The molecule has 0 fully saturated rings. The molecule has 1 radical (unpaired) electrons. The van der Waals surface area contributed by atoms with Crippen molar-refractivity contribution in [3.63, 3.8) is 0 Å². The Kier molecular flexibility index (Phi) is 10.1. The van der Waals surface area contributed by atoms with Crippen molar-refractivity contribution < 1.29 is 33.7 Å². The third-order valence-corrected chi connectivity index (χ3v) is 12.9. The molecule has 0 spiro atoms. The van der Waals surface area contributed by atoms with E-state index in [9.17, 15) is 0 Å². The maximum absolute atomic E-state index is 7.23. The molecule has 0 amide bonds. The second-order valence-corrected chi connectivity index (χ2v) is 21.7. The average Bonchev–Trinajstić information content (AvgIpc) is 3.65. The van der Waals surface area contributed by atoms with E-state index in [0.29, 0.717) is 17.6 Å². The molecule has 8 aromatic rings. The Balaban J connectivity index is 0.000000271. The minimum Gasteiger partial charge on any atom is -0.473 e. The Morgan fingerprint density at radius 3 is 1.97 bits per heavy atom. The fraction of sp³-hybridized carbons (Fsp3) is 0.192. The Bertz CT molecular complexity index is 2860. The van der Waals surface area contributed by atoms with E-state index >= 15 is 0 Å². The summed E-state index contributed by atoms with van der Waals surface area (Å²) in [5.74, 6) is 4.42. The first-order valence-corrected chi connectivity index (χ1v) is 23.7. The van der Waals surface area contributed by atoms with Crippen LogP contribution < -0.4 is 19.6 Å². The van der Waals surface area contributed by atoms with Crippen LogP contribution >= 0.6 is 0 Å². The molecule has 2 aromatic heterocycles. The SMILES string of the molecule is CC(C)c1cccc(C(C)C)c1-n1c(-c2[c-]c3c4c(c2)Oc2ccccc2N4c2ccccc2O3)nc2cccc([Si](C)(C)C)c21.[2H]C([2H])([2H])c1ccc(-c2[c-]cccc2)nc1.[Ir]. The van der Waals surface area contributed by atoms with E-state index in [-0.39, 0.29) is 25.7 Å². The molecule has 2 aliphatic rings. The molecular weight excluding hydrogens is 933 g/mol. The van der Waals surface area contributed by atoms with Gasteiger partial charge in [-0.25, -0.2) is 0 Å². The summed E-state index contributed by atoms with van der Waals surface area (Å²) in [6.07, 6.45) is 1.39. The number of nitrogens with zero attached hydrogens (tertiary/aromatic N) is 4. The Morgan fingerprint density at radius 2 is 1.35 bits per heavy atom. The molecule has 0 unspecified atom stereocenters. The molecule has 8 heteroatoms. The van der Waals surface area contributed by atoms with Crippen LogP contribution in [0.1, 0.15) is 60.3 Å². The summed E-state index contributed by atoms with van der Waals surface area (Å²) < 4.78 is 37.4. The van der Waals surface area contributed by atoms with E-state index < -0.39 is 14.9 Å². The van der Waals surface area contributed by atoms with Crippen LogP contribution in [0.25, 0.3) is 39.4 Å². The topological polar surface area (TPSA) is 52.4 Å². The number of fused-ring (bicyclic) bond motifs is 5. The van der Waals surface area contributed by atoms with Crippen LogP contribution in [0.5, 0.6) is 23.0 Å². The Labute approximate surface area is 372 Å². The van der Waals surface area contributed by atoms with E-state index in [2.05, 4.69) is 129 Å². The molecular formula is C52H48IrN4O2Si-2. The van der Waals surface area contributed by atoms with Gasteiger partial charge < -0.3 is 23.9 Å². The van der Waals surface area contributed by atoms with E-state index in [4.69, 9.17) is 18.6 Å². The normalized spacial score (nSPS) is 13.3. The quantitative estimate of drug-likeness (QED) is 0.123. The minimum absolute atomic E-state index is 0. The molecule has 0 saturated heterocycles. The molecule has 4 heterocycles. The van der Waals surface area contributed by atoms with Gasteiger partial charge in [0.1, 0.15) is 11.5 Å². The standard InChI is InChI=1S/C40H38N3O2Si.C12H10N.Ir/c1-24(2)27-14-12-15-28(25(3)4)37(27)43-38-29(16-13-21-36(38)46(5,6)7)41-40(43)26-22-34-39-35(23-26)45-33-20-11-9-18-31(33)42(39)30-17-8-10-19-32(30)44-34;1-10-7-8-12(13-9-10)11-5-3-2-4-6-11;/h8-22,24-25H,1-7H3;2-5,7-9H,1H3;/q2*-1;/i;1D3;. The van der Waals surface area contributed by atoms with Gasteiger partial charge in [0.05, 0.1) is 47.8 Å². The molecule has 6 aromatic carbocycles. The Hall–Kier alpha value is -5.79. The Morgan fingerprint density at radius 1 is 0.683 bits per heavy atom. The number of hydrogen-bond donors (Lipinski definition) is 0. The van der Waals surface area contributed by atoms with Gasteiger partial charge in [-0.3, -0.25) is 4.98 Å². The number of imidazole rings is 1. The zero-order chi connectivity index (χ0) is 43.5. The van der Waals surface area contributed by atoms with Crippen molar-refractivity contribution in [3.8, 4) is 51.3 Å². The number of rotatable bonds is 6. The molecule has 0 aliphatic carbocycles. The van der Waals surface area contributed by atoms with Gasteiger partial charge in [-0.1, -0.05) is 126 Å². The van der Waals surface area contributed by atoms with Crippen LogP contribution in [0.2, 0.25) is 19.6 Å². The number of aryl methyl sites for hydroxylation is 1. The fourth-order valence-corrected chi connectivity index (χ4v) is 9.62. The van der Waals surface area contributed by atoms with Gasteiger partial charge in [-0.05, 0) is 76.6 Å². The molecule has 0 N–H and O–H groups in total. The number of ether oxygens (including phenoxy) is 2. The maximum atomic E-state index is 7.23. The summed E-state index contributed by atoms with van der Waals surface area (Å²) in [4.78, 5) is 11.8. The third-order valence-electron chi connectivity index (χ3n) is 10.9. The summed E-state index contributed by atoms with van der Waals surface area (Å²) in [7, 11) is -1.79. The summed E-state index contributed by atoms with van der Waals surface area (Å²) in [6, 6.07) is 49.3. The minimum atomic E-state index is -2.09. The van der Waals surface area contributed by atoms with E-state index in [0.717, 1.165) is 62.5 Å². The fourth-order valence-electron chi connectivity index (χ4n) is 8.07. The summed E-state index contributed by atoms with van der Waals surface area (Å²) in [5.41, 5.74) is 11.5. The van der Waals surface area contributed by atoms with Crippen LogP contribution in [-0.2, 0) is 20.1 Å². The number of para-hydroxylation sites is 6. The molecule has 6 nitrogen and oxygen atoms in total. The third kappa shape index (κ3) is 7.38. The number of benzene rings is 6. The van der Waals surface area contributed by atoms with Crippen molar-refractivity contribution in [2.75, 3.05) is 4.90 Å². The van der Waals surface area contributed by atoms with Gasteiger partial charge >= 0.3 is 0 Å². The second-order valence-electron chi connectivity index (χ2n) is 16.7. The number of pyridine rings is 1. The molecule has 303 valence electrons. The number of aromatic nitrogens is 3. The van der Waals surface area contributed by atoms with Crippen molar-refractivity contribution in [1.29, 1.82) is 0 Å². The molecule has 0 atom stereocenters. The first-order valence-electron chi connectivity index (χ1n) is 21.7. The first kappa shape index (κ1) is 37.2. The van der Waals surface area contributed by atoms with Crippen LogP contribution in [0.4, 0.5) is 17.1 Å². The molecule has 2 aliphatic heterocycles. The molecule has 60 heavy (non-hydrogen) atoms. The van der Waals surface area contributed by atoms with Gasteiger partial charge in [-0.2, -0.15) is 0 Å². The largest absolute Gasteiger partial charge is 0.473 e. The smallest absolute Gasteiger partial charge is 0.148 e. The van der Waals surface area contributed by atoms with Crippen molar-refractivity contribution in [2.24, 2.45) is 0 Å². The van der Waals surface area contributed by atoms with Crippen LogP contribution in [0.3, 0.4) is 0 Å². The van der Waals surface area contributed by atoms with Crippen LogP contribution in [-0.4, -0.2) is 22.6 Å². The average molecular weight is 984 g/mol. The molecule has 0 saturated carbocycles. The van der Waals surface area contributed by atoms with Gasteiger partial charge in [0.15, 0.2) is 0 Å². The monoisotopic (exact) mass is 984 g/mol. The van der Waals surface area contributed by atoms with Gasteiger partial charge in [0.25, 0.3) is 0 Å². The summed E-state index contributed by atoms with van der Waals surface area (Å²) in [6.45, 7) is 14.3. The second kappa shape index (κ2) is 16.3. The number of anilines is 3.